The highest BCUT2D eigenvalue weighted by atomic mass is 32.2. The number of carbonyl (C=O) groups is 1. The first-order valence-corrected chi connectivity index (χ1v) is 7.60. The second kappa shape index (κ2) is 5.87. The maximum Gasteiger partial charge on any atom is 0.307 e. The monoisotopic (exact) mass is 282 g/mol. The fourth-order valence-electron chi connectivity index (χ4n) is 1.69. The number of hydrogen-bond donors (Lipinski definition) is 1. The molecule has 0 fully saturated rings. The summed E-state index contributed by atoms with van der Waals surface area (Å²) in [7, 11) is -1.29. The lowest BCUT2D eigenvalue weighted by atomic mass is 9.87. The number of hydrogen-bond acceptors (Lipinski definition) is 2. The Morgan fingerprint density at radius 2 is 1.63 bits per heavy atom. The molecule has 0 radical (unpaired) electrons. The Morgan fingerprint density at radius 3 is 2.00 bits per heavy atom. The molecule has 3 atom stereocenters. The van der Waals surface area contributed by atoms with Crippen LogP contribution in [0.2, 0.25) is 0 Å². The van der Waals surface area contributed by atoms with E-state index >= 15 is 0 Å². The lowest BCUT2D eigenvalue weighted by molar-refractivity contribution is -0.141. The van der Waals surface area contributed by atoms with Gasteiger partial charge in [-0.2, -0.15) is 0 Å². The van der Waals surface area contributed by atoms with Crippen molar-refractivity contribution in [3.05, 3.63) is 29.8 Å². The molecule has 1 aromatic rings. The summed E-state index contributed by atoms with van der Waals surface area (Å²) in [5.74, 6) is -1.53. The number of carboxylic acids is 1. The van der Waals surface area contributed by atoms with E-state index in [4.69, 9.17) is 5.11 Å². The van der Waals surface area contributed by atoms with E-state index < -0.39 is 27.9 Å². The summed E-state index contributed by atoms with van der Waals surface area (Å²) < 4.78 is 12.3. The first-order chi connectivity index (χ1) is 8.64. The summed E-state index contributed by atoms with van der Waals surface area (Å²) in [6, 6.07) is 7.60. The van der Waals surface area contributed by atoms with Crippen LogP contribution in [0.5, 0.6) is 0 Å². The number of aliphatic carboxylic acids is 1. The van der Waals surface area contributed by atoms with Crippen molar-refractivity contribution in [2.24, 2.45) is 5.92 Å². The Hall–Kier alpha value is -1.16. The van der Waals surface area contributed by atoms with Gasteiger partial charge in [-0.1, -0.05) is 39.8 Å². The minimum Gasteiger partial charge on any atom is -0.481 e. The van der Waals surface area contributed by atoms with Crippen molar-refractivity contribution in [2.75, 3.05) is 0 Å². The number of benzene rings is 1. The van der Waals surface area contributed by atoms with Crippen LogP contribution < -0.4 is 0 Å². The molecule has 3 nitrogen and oxygen atoms in total. The van der Waals surface area contributed by atoms with Crippen molar-refractivity contribution >= 4 is 16.8 Å². The van der Waals surface area contributed by atoms with Gasteiger partial charge < -0.3 is 5.11 Å². The first-order valence-electron chi connectivity index (χ1n) is 6.38. The second-order valence-corrected chi connectivity index (χ2v) is 7.71. The molecular formula is C15H22O3S. The van der Waals surface area contributed by atoms with E-state index in [9.17, 15) is 9.00 Å². The lowest BCUT2D eigenvalue weighted by Gasteiger charge is -2.20. The highest BCUT2D eigenvalue weighted by molar-refractivity contribution is 7.85. The third-order valence-electron chi connectivity index (χ3n) is 3.38. The van der Waals surface area contributed by atoms with Gasteiger partial charge in [0.05, 0.1) is 16.7 Å². The van der Waals surface area contributed by atoms with Crippen LogP contribution in [-0.2, 0) is 21.0 Å². The predicted molar refractivity (Wildman–Crippen MR) is 77.8 cm³/mol. The average molecular weight is 282 g/mol. The molecule has 0 saturated carbocycles. The topological polar surface area (TPSA) is 54.4 Å². The molecule has 4 heteroatoms. The van der Waals surface area contributed by atoms with E-state index in [0.29, 0.717) is 4.90 Å². The predicted octanol–water partition coefficient (Wildman–Crippen LogP) is 3.20. The van der Waals surface area contributed by atoms with Gasteiger partial charge in [0.15, 0.2) is 0 Å². The highest BCUT2D eigenvalue weighted by Crippen LogP contribution is 2.24. The van der Waals surface area contributed by atoms with Crippen molar-refractivity contribution in [3.63, 3.8) is 0 Å². The van der Waals surface area contributed by atoms with Gasteiger partial charge >= 0.3 is 5.97 Å². The molecular weight excluding hydrogens is 260 g/mol. The van der Waals surface area contributed by atoms with E-state index in [2.05, 4.69) is 20.8 Å². The van der Waals surface area contributed by atoms with Crippen LogP contribution in [0.1, 0.15) is 40.2 Å². The molecule has 3 unspecified atom stereocenters. The summed E-state index contributed by atoms with van der Waals surface area (Å²) in [6.07, 6.45) is 0. The van der Waals surface area contributed by atoms with Crippen molar-refractivity contribution in [1.82, 2.24) is 0 Å². The summed E-state index contributed by atoms with van der Waals surface area (Å²) in [5.41, 5.74) is 1.23. The fraction of sp³-hybridized carbons (Fsp3) is 0.533. The lowest BCUT2D eigenvalue weighted by Crippen LogP contribution is -2.27. The van der Waals surface area contributed by atoms with Crippen LogP contribution in [-0.4, -0.2) is 20.5 Å². The highest BCUT2D eigenvalue weighted by Gasteiger charge is 2.25. The largest absolute Gasteiger partial charge is 0.481 e. The van der Waals surface area contributed by atoms with E-state index in [1.807, 2.05) is 24.3 Å². The third kappa shape index (κ3) is 3.90. The zero-order valence-electron chi connectivity index (χ0n) is 12.1. The molecule has 1 aromatic carbocycles. The van der Waals surface area contributed by atoms with Gasteiger partial charge in [0.2, 0.25) is 0 Å². The molecule has 19 heavy (non-hydrogen) atoms. The fourth-order valence-corrected chi connectivity index (χ4v) is 3.01. The maximum absolute atomic E-state index is 12.3. The van der Waals surface area contributed by atoms with Crippen LogP contribution >= 0.6 is 0 Å². The summed E-state index contributed by atoms with van der Waals surface area (Å²) in [6.45, 7) is 9.66. The SMILES string of the molecule is CC(C(=O)O)C(C)S(=O)c1ccc(C(C)(C)C)cc1. The Morgan fingerprint density at radius 1 is 1.16 bits per heavy atom. The Bertz CT molecular complexity index is 471. The zero-order chi connectivity index (χ0) is 14.8. The van der Waals surface area contributed by atoms with E-state index in [-0.39, 0.29) is 5.41 Å². The third-order valence-corrected chi connectivity index (χ3v) is 5.20. The van der Waals surface area contributed by atoms with Crippen LogP contribution in [0, 0.1) is 5.92 Å². The average Bonchev–Trinajstić information content (AvgIpc) is 2.35. The number of rotatable bonds is 4. The Balaban J connectivity index is 2.93. The molecule has 0 aliphatic carbocycles. The Labute approximate surface area is 117 Å². The maximum atomic E-state index is 12.3. The smallest absolute Gasteiger partial charge is 0.307 e. The molecule has 0 amide bonds. The summed E-state index contributed by atoms with van der Waals surface area (Å²) >= 11 is 0. The minimum atomic E-state index is -1.29. The molecule has 1 N–H and O–H groups in total. The van der Waals surface area contributed by atoms with Crippen molar-refractivity contribution < 1.29 is 14.1 Å². The summed E-state index contributed by atoms with van der Waals surface area (Å²) in [5, 5.41) is 8.56. The van der Waals surface area contributed by atoms with Gasteiger partial charge in [-0.3, -0.25) is 9.00 Å². The molecule has 106 valence electrons. The van der Waals surface area contributed by atoms with Gasteiger partial charge in [0.25, 0.3) is 0 Å². The second-order valence-electron chi connectivity index (χ2n) is 5.90. The molecule has 0 aliphatic heterocycles. The van der Waals surface area contributed by atoms with E-state index in [0.717, 1.165) is 0 Å². The van der Waals surface area contributed by atoms with Crippen molar-refractivity contribution in [3.8, 4) is 0 Å². The molecule has 0 bridgehead atoms. The number of carboxylic acid groups (broad SMARTS) is 1. The first kappa shape index (κ1) is 15.9. The van der Waals surface area contributed by atoms with E-state index in [1.54, 1.807) is 13.8 Å². The van der Waals surface area contributed by atoms with Gasteiger partial charge in [-0.25, -0.2) is 0 Å². The Kier molecular flexibility index (Phi) is 4.91. The van der Waals surface area contributed by atoms with Gasteiger partial charge in [0, 0.05) is 10.1 Å². The van der Waals surface area contributed by atoms with Crippen LogP contribution in [0.4, 0.5) is 0 Å². The molecule has 0 aromatic heterocycles. The quantitative estimate of drug-likeness (QED) is 0.922. The molecule has 0 aliphatic rings. The van der Waals surface area contributed by atoms with Gasteiger partial charge in [0.1, 0.15) is 0 Å². The molecule has 0 heterocycles. The molecule has 0 spiro atoms. The van der Waals surface area contributed by atoms with Crippen molar-refractivity contribution in [1.29, 1.82) is 0 Å². The van der Waals surface area contributed by atoms with Crippen LogP contribution in [0.3, 0.4) is 0 Å². The normalized spacial score (nSPS) is 16.7. The van der Waals surface area contributed by atoms with E-state index in [1.165, 1.54) is 5.56 Å². The van der Waals surface area contributed by atoms with Gasteiger partial charge in [-0.05, 0) is 30.0 Å². The minimum absolute atomic E-state index is 0.0555. The van der Waals surface area contributed by atoms with Crippen molar-refractivity contribution in [2.45, 2.75) is 50.2 Å². The van der Waals surface area contributed by atoms with Crippen LogP contribution in [0.15, 0.2) is 29.2 Å². The van der Waals surface area contributed by atoms with Gasteiger partial charge in [-0.15, -0.1) is 0 Å². The standard InChI is InChI=1S/C15H22O3S/c1-10(14(16)17)11(2)19(18)13-8-6-12(7-9-13)15(3,4)5/h6-11H,1-5H3,(H,16,17). The molecule has 0 saturated heterocycles. The molecule has 1 rings (SSSR count). The zero-order valence-corrected chi connectivity index (χ0v) is 13.0. The summed E-state index contributed by atoms with van der Waals surface area (Å²) in [4.78, 5) is 11.6. The van der Waals surface area contributed by atoms with Crippen LogP contribution in [0.25, 0.3) is 0 Å².